The molecule has 106 valence electrons. The van der Waals surface area contributed by atoms with Crippen molar-refractivity contribution >= 4 is 17.3 Å². The molecule has 0 fully saturated rings. The highest BCUT2D eigenvalue weighted by molar-refractivity contribution is 5.98. The highest BCUT2D eigenvalue weighted by Crippen LogP contribution is 2.30. The second-order valence-corrected chi connectivity index (χ2v) is 5.72. The van der Waals surface area contributed by atoms with Crippen LogP contribution < -0.4 is 9.80 Å². The number of rotatable bonds is 2. The Bertz CT molecular complexity index is 695. The molecule has 1 amide bonds. The van der Waals surface area contributed by atoms with Gasteiger partial charge in [-0.1, -0.05) is 36.4 Å². The molecule has 0 atom stereocenters. The number of amides is 1. The summed E-state index contributed by atoms with van der Waals surface area (Å²) in [5, 5.41) is 0. The van der Waals surface area contributed by atoms with Gasteiger partial charge in [0.25, 0.3) is 0 Å². The first-order valence-corrected chi connectivity index (χ1v) is 7.54. The number of fused-ring (bicyclic) bond motifs is 2. The van der Waals surface area contributed by atoms with Gasteiger partial charge in [0.2, 0.25) is 5.91 Å². The number of nitrogens with zero attached hydrogens (tertiary/aromatic N) is 2. The van der Waals surface area contributed by atoms with Crippen LogP contribution in [0, 0.1) is 0 Å². The molecule has 0 aliphatic carbocycles. The minimum absolute atomic E-state index is 0.205. The number of carbonyl (C=O) groups is 1. The molecule has 0 N–H and O–H groups in total. The van der Waals surface area contributed by atoms with Crippen LogP contribution in [0.5, 0.6) is 0 Å². The van der Waals surface area contributed by atoms with Crippen LogP contribution in [0.3, 0.4) is 0 Å². The molecule has 0 unspecified atom stereocenters. The maximum absolute atomic E-state index is 12.7. The number of hydrogen-bond donors (Lipinski definition) is 0. The molecule has 0 saturated carbocycles. The van der Waals surface area contributed by atoms with Crippen molar-refractivity contribution in [1.29, 1.82) is 0 Å². The molecular formula is C18H18N2O. The fourth-order valence-corrected chi connectivity index (χ4v) is 3.42. The minimum Gasteiger partial charge on any atom is -0.362 e. The molecule has 4 rings (SSSR count). The van der Waals surface area contributed by atoms with Gasteiger partial charge in [0.05, 0.1) is 6.54 Å². The van der Waals surface area contributed by atoms with Crippen LogP contribution >= 0.6 is 0 Å². The number of anilines is 2. The van der Waals surface area contributed by atoms with Gasteiger partial charge in [-0.25, -0.2) is 0 Å². The molecule has 0 saturated heterocycles. The Morgan fingerprint density at radius 2 is 1.48 bits per heavy atom. The Hall–Kier alpha value is -2.29. The van der Waals surface area contributed by atoms with Gasteiger partial charge in [-0.15, -0.1) is 0 Å². The summed E-state index contributed by atoms with van der Waals surface area (Å²) in [6.45, 7) is 2.24. The fraction of sp³-hybridized carbons (Fsp3) is 0.278. The largest absolute Gasteiger partial charge is 0.362 e. The van der Waals surface area contributed by atoms with E-state index in [-0.39, 0.29) is 5.91 Å². The lowest BCUT2D eigenvalue weighted by atomic mass is 10.2. The average Bonchev–Trinajstić information content (AvgIpc) is 3.12. The molecule has 2 heterocycles. The molecule has 2 aromatic carbocycles. The van der Waals surface area contributed by atoms with Crippen molar-refractivity contribution in [3.8, 4) is 0 Å². The van der Waals surface area contributed by atoms with E-state index in [1.165, 1.54) is 16.8 Å². The van der Waals surface area contributed by atoms with Crippen molar-refractivity contribution < 1.29 is 4.79 Å². The average molecular weight is 278 g/mol. The molecular weight excluding hydrogens is 260 g/mol. The van der Waals surface area contributed by atoms with Crippen molar-refractivity contribution in [3.63, 3.8) is 0 Å². The smallest absolute Gasteiger partial charge is 0.246 e. The van der Waals surface area contributed by atoms with Crippen molar-refractivity contribution in [2.75, 3.05) is 29.4 Å². The summed E-state index contributed by atoms with van der Waals surface area (Å²) < 4.78 is 0. The Balaban J connectivity index is 1.53. The highest BCUT2D eigenvalue weighted by atomic mass is 16.2. The van der Waals surface area contributed by atoms with Crippen molar-refractivity contribution in [2.45, 2.75) is 12.8 Å². The van der Waals surface area contributed by atoms with Crippen LogP contribution in [-0.4, -0.2) is 25.5 Å². The second-order valence-electron chi connectivity index (χ2n) is 5.72. The van der Waals surface area contributed by atoms with Crippen molar-refractivity contribution in [3.05, 3.63) is 59.7 Å². The predicted octanol–water partition coefficient (Wildman–Crippen LogP) is 2.64. The summed E-state index contributed by atoms with van der Waals surface area (Å²) in [5.74, 6) is 0.205. The zero-order chi connectivity index (χ0) is 14.2. The van der Waals surface area contributed by atoms with Crippen molar-refractivity contribution in [2.24, 2.45) is 0 Å². The molecule has 2 aliphatic heterocycles. The Morgan fingerprint density at radius 1 is 0.857 bits per heavy atom. The Kier molecular flexibility index (Phi) is 2.92. The quantitative estimate of drug-likeness (QED) is 0.843. The summed E-state index contributed by atoms with van der Waals surface area (Å²) in [5.41, 5.74) is 4.95. The van der Waals surface area contributed by atoms with Crippen molar-refractivity contribution in [1.82, 2.24) is 0 Å². The van der Waals surface area contributed by atoms with E-state index < -0.39 is 0 Å². The summed E-state index contributed by atoms with van der Waals surface area (Å²) in [6.07, 6.45) is 2.01. The van der Waals surface area contributed by atoms with E-state index in [1.807, 2.05) is 23.1 Å². The zero-order valence-corrected chi connectivity index (χ0v) is 12.0. The van der Waals surface area contributed by atoms with E-state index in [0.717, 1.165) is 31.6 Å². The van der Waals surface area contributed by atoms with E-state index in [9.17, 15) is 4.79 Å². The minimum atomic E-state index is 0.205. The van der Waals surface area contributed by atoms with Gasteiger partial charge >= 0.3 is 0 Å². The van der Waals surface area contributed by atoms with Crippen LogP contribution in [0.25, 0.3) is 0 Å². The van der Waals surface area contributed by atoms with E-state index in [1.54, 1.807) is 0 Å². The van der Waals surface area contributed by atoms with Gasteiger partial charge in [-0.2, -0.15) is 0 Å². The molecule has 0 spiro atoms. The molecule has 21 heavy (non-hydrogen) atoms. The summed E-state index contributed by atoms with van der Waals surface area (Å²) in [6, 6.07) is 16.6. The number of benzene rings is 2. The lowest BCUT2D eigenvalue weighted by Crippen LogP contribution is -2.39. The Morgan fingerprint density at radius 3 is 2.29 bits per heavy atom. The maximum Gasteiger partial charge on any atom is 0.246 e. The van der Waals surface area contributed by atoms with Crippen LogP contribution in [0.4, 0.5) is 11.4 Å². The van der Waals surface area contributed by atoms with E-state index in [4.69, 9.17) is 0 Å². The lowest BCUT2D eigenvalue weighted by molar-refractivity contribution is -0.117. The third-order valence-corrected chi connectivity index (χ3v) is 4.50. The standard InChI is InChI=1S/C18H18N2O/c21-18(20-12-10-15-6-2-4-8-17(15)20)13-19-11-9-14-5-1-3-7-16(14)19/h1-8H,9-13H2. The number of carbonyl (C=O) groups excluding carboxylic acids is 1. The second kappa shape index (κ2) is 4.92. The first-order chi connectivity index (χ1) is 10.3. The highest BCUT2D eigenvalue weighted by Gasteiger charge is 2.27. The van der Waals surface area contributed by atoms with Gasteiger partial charge in [-0.3, -0.25) is 4.79 Å². The van der Waals surface area contributed by atoms with Crippen LogP contribution in [0.1, 0.15) is 11.1 Å². The lowest BCUT2D eigenvalue weighted by Gasteiger charge is -2.23. The van der Waals surface area contributed by atoms with Gasteiger partial charge in [0.1, 0.15) is 0 Å². The third-order valence-electron chi connectivity index (χ3n) is 4.50. The van der Waals surface area contributed by atoms with Crippen LogP contribution in [-0.2, 0) is 17.6 Å². The van der Waals surface area contributed by atoms with Crippen LogP contribution in [0.2, 0.25) is 0 Å². The summed E-state index contributed by atoms with van der Waals surface area (Å²) in [4.78, 5) is 16.8. The normalized spacial score (nSPS) is 16.0. The van der Waals surface area contributed by atoms with Gasteiger partial charge < -0.3 is 9.80 Å². The van der Waals surface area contributed by atoms with Gasteiger partial charge in [0, 0.05) is 24.5 Å². The summed E-state index contributed by atoms with van der Waals surface area (Å²) in [7, 11) is 0. The Labute approximate surface area is 124 Å². The van der Waals surface area contributed by atoms with Crippen LogP contribution in [0.15, 0.2) is 48.5 Å². The van der Waals surface area contributed by atoms with Gasteiger partial charge in [0.15, 0.2) is 0 Å². The number of para-hydroxylation sites is 2. The van der Waals surface area contributed by atoms with Gasteiger partial charge in [-0.05, 0) is 36.1 Å². The SMILES string of the molecule is O=C(CN1CCc2ccccc21)N1CCc2ccccc21. The maximum atomic E-state index is 12.7. The van der Waals surface area contributed by atoms with E-state index >= 15 is 0 Å². The molecule has 0 bridgehead atoms. The molecule has 2 aromatic rings. The predicted molar refractivity (Wildman–Crippen MR) is 84.9 cm³/mol. The number of hydrogen-bond acceptors (Lipinski definition) is 2. The zero-order valence-electron chi connectivity index (χ0n) is 12.0. The first-order valence-electron chi connectivity index (χ1n) is 7.54. The van der Waals surface area contributed by atoms with E-state index in [2.05, 4.69) is 35.2 Å². The fourth-order valence-electron chi connectivity index (χ4n) is 3.42. The molecule has 0 aromatic heterocycles. The summed E-state index contributed by atoms with van der Waals surface area (Å²) >= 11 is 0. The molecule has 2 aliphatic rings. The molecule has 3 nitrogen and oxygen atoms in total. The molecule has 3 heteroatoms. The first kappa shape index (κ1) is 12.5. The molecule has 0 radical (unpaired) electrons. The van der Waals surface area contributed by atoms with E-state index in [0.29, 0.717) is 6.54 Å². The monoisotopic (exact) mass is 278 g/mol. The topological polar surface area (TPSA) is 23.6 Å². The third kappa shape index (κ3) is 2.09.